The summed E-state index contributed by atoms with van der Waals surface area (Å²) < 4.78 is 30.9. The first-order chi connectivity index (χ1) is 24.4. The van der Waals surface area contributed by atoms with E-state index in [-0.39, 0.29) is 40.7 Å². The first kappa shape index (κ1) is 35.9. The highest BCUT2D eigenvalue weighted by atomic mass is 35.5. The summed E-state index contributed by atoms with van der Waals surface area (Å²) in [6.45, 7) is 3.26. The number of piperazine rings is 1. The number of rotatable bonds is 10. The molecule has 3 amide bonds. The van der Waals surface area contributed by atoms with Gasteiger partial charge in [0.15, 0.2) is 11.2 Å². The molecule has 0 radical (unpaired) electrons. The maximum Gasteiger partial charge on any atom is 0.287 e. The quantitative estimate of drug-likeness (QED) is 0.258. The third kappa shape index (κ3) is 8.37. The topological polar surface area (TPSA) is 141 Å². The van der Waals surface area contributed by atoms with E-state index in [2.05, 4.69) is 10.2 Å². The number of nitrogens with one attached hydrogen (secondary N) is 1. The summed E-state index contributed by atoms with van der Waals surface area (Å²) >= 11 is 6.10. The number of para-hydroxylation sites is 1. The maximum atomic E-state index is 14.1. The van der Waals surface area contributed by atoms with Crippen molar-refractivity contribution in [3.8, 4) is 0 Å². The number of benzene rings is 3. The van der Waals surface area contributed by atoms with Gasteiger partial charge in [0.25, 0.3) is 5.91 Å². The average molecular weight is 734 g/mol. The zero-order valence-electron chi connectivity index (χ0n) is 28.5. The summed E-state index contributed by atoms with van der Waals surface area (Å²) in [5.41, 5.74) is 2.71. The van der Waals surface area contributed by atoms with Crippen LogP contribution in [0.5, 0.6) is 0 Å². The van der Waals surface area contributed by atoms with Crippen LogP contribution < -0.4 is 20.0 Å². The van der Waals surface area contributed by atoms with E-state index in [1.165, 1.54) is 25.2 Å². The molecule has 14 heteroatoms. The molecule has 2 aliphatic heterocycles. The predicted molar refractivity (Wildman–Crippen MR) is 197 cm³/mol. The third-order valence-corrected chi connectivity index (χ3v) is 10.9. The van der Waals surface area contributed by atoms with Crippen molar-refractivity contribution in [2.45, 2.75) is 38.3 Å². The summed E-state index contributed by atoms with van der Waals surface area (Å²) in [6.07, 6.45) is 3.73. The first-order valence-corrected chi connectivity index (χ1v) is 19.1. The van der Waals surface area contributed by atoms with Crippen LogP contribution in [0.4, 0.5) is 11.4 Å². The van der Waals surface area contributed by atoms with Crippen molar-refractivity contribution < 1.29 is 27.2 Å². The number of likely N-dealkylation sites (tertiary alicyclic amines) is 1. The van der Waals surface area contributed by atoms with Crippen LogP contribution in [0.2, 0.25) is 5.02 Å². The number of sulfonamides is 1. The summed E-state index contributed by atoms with van der Waals surface area (Å²) in [6, 6.07) is 19.4. The van der Waals surface area contributed by atoms with Crippen molar-refractivity contribution in [3.63, 3.8) is 0 Å². The number of piperidine rings is 1. The molecular formula is C37H40ClN5O7S. The predicted octanol–water partition coefficient (Wildman–Crippen LogP) is 4.04. The molecule has 51 heavy (non-hydrogen) atoms. The van der Waals surface area contributed by atoms with Crippen LogP contribution in [0.15, 0.2) is 82.0 Å². The minimum atomic E-state index is -3.57. The SMILES string of the molecule is CN(c1ccc2oc(C(=O)N[C@H](Cc3ccc(Cl)cc3)C(=O)N3CCN(c4ccccc4CN4CCCCC4=O)CC3)cc(=O)c2c1)S(C)(=O)=O. The smallest absolute Gasteiger partial charge is 0.287 e. The van der Waals surface area contributed by atoms with E-state index in [4.69, 9.17) is 16.0 Å². The fourth-order valence-electron chi connectivity index (χ4n) is 6.50. The van der Waals surface area contributed by atoms with Gasteiger partial charge < -0.3 is 24.4 Å². The van der Waals surface area contributed by atoms with Crippen molar-refractivity contribution in [2.75, 3.05) is 55.2 Å². The van der Waals surface area contributed by atoms with Crippen LogP contribution >= 0.6 is 11.6 Å². The molecule has 0 spiro atoms. The molecule has 0 bridgehead atoms. The Bertz CT molecular complexity index is 2110. The van der Waals surface area contributed by atoms with E-state index >= 15 is 0 Å². The fourth-order valence-corrected chi connectivity index (χ4v) is 7.13. The molecule has 0 saturated carbocycles. The van der Waals surface area contributed by atoms with Crippen LogP contribution in [0.1, 0.15) is 40.9 Å². The highest BCUT2D eigenvalue weighted by Gasteiger charge is 2.31. The molecule has 0 aliphatic carbocycles. The zero-order chi connectivity index (χ0) is 36.3. The molecule has 2 saturated heterocycles. The molecule has 1 N–H and O–H groups in total. The van der Waals surface area contributed by atoms with Crippen molar-refractivity contribution in [3.05, 3.63) is 105 Å². The largest absolute Gasteiger partial charge is 0.451 e. The number of nitrogens with zero attached hydrogens (tertiary/aromatic N) is 4. The lowest BCUT2D eigenvalue weighted by atomic mass is 10.0. The van der Waals surface area contributed by atoms with E-state index in [0.717, 1.165) is 52.8 Å². The lowest BCUT2D eigenvalue weighted by molar-refractivity contribution is -0.134. The zero-order valence-corrected chi connectivity index (χ0v) is 30.1. The van der Waals surface area contributed by atoms with Crippen LogP contribution in [-0.4, -0.2) is 88.0 Å². The Morgan fingerprint density at radius 1 is 0.941 bits per heavy atom. The van der Waals surface area contributed by atoms with Crippen LogP contribution in [0.25, 0.3) is 11.0 Å². The van der Waals surface area contributed by atoms with Gasteiger partial charge in [0.05, 0.1) is 17.3 Å². The normalized spacial score (nSPS) is 15.9. The number of hydrogen-bond acceptors (Lipinski definition) is 8. The standard InChI is InChI=1S/C37H40ClN5O7S/c1-40(51(2,48)49)28-14-15-33-29(22-28)32(44)23-34(50-33)36(46)39-30(21-25-10-12-27(38)13-11-25)37(47)42-19-17-41(18-20-42)31-8-4-3-7-26(31)24-43-16-6-5-9-35(43)45/h3-4,7-8,10-15,22-23,30H,5-6,9,16-21,24H2,1-2H3,(H,39,46)/t30-/m1/s1. The Labute approximate surface area is 301 Å². The number of carbonyl (C=O) groups is 3. The molecule has 1 aromatic heterocycles. The summed E-state index contributed by atoms with van der Waals surface area (Å²) in [4.78, 5) is 59.2. The molecule has 3 aromatic carbocycles. The van der Waals surface area contributed by atoms with E-state index in [1.54, 1.807) is 29.2 Å². The molecular weight excluding hydrogens is 694 g/mol. The number of amides is 3. The van der Waals surface area contributed by atoms with Gasteiger partial charge in [-0.3, -0.25) is 23.5 Å². The molecule has 2 aliphatic rings. The second kappa shape index (κ2) is 15.2. The van der Waals surface area contributed by atoms with Gasteiger partial charge in [-0.2, -0.15) is 0 Å². The van der Waals surface area contributed by atoms with E-state index in [9.17, 15) is 27.6 Å². The lowest BCUT2D eigenvalue weighted by Gasteiger charge is -2.39. The van der Waals surface area contributed by atoms with Crippen molar-refractivity contribution >= 4 is 61.7 Å². The molecule has 12 nitrogen and oxygen atoms in total. The van der Waals surface area contributed by atoms with Crippen molar-refractivity contribution in [2.24, 2.45) is 0 Å². The second-order valence-electron chi connectivity index (χ2n) is 13.0. The van der Waals surface area contributed by atoms with Gasteiger partial charge in [-0.15, -0.1) is 0 Å². The minimum absolute atomic E-state index is 0.0972. The van der Waals surface area contributed by atoms with Gasteiger partial charge in [0.2, 0.25) is 21.8 Å². The minimum Gasteiger partial charge on any atom is -0.451 e. The Balaban J connectivity index is 1.19. The summed E-state index contributed by atoms with van der Waals surface area (Å²) in [7, 11) is -2.20. The fraction of sp³-hybridized carbons (Fsp3) is 0.351. The van der Waals surface area contributed by atoms with E-state index < -0.39 is 27.4 Å². The molecule has 6 rings (SSSR count). The van der Waals surface area contributed by atoms with Gasteiger partial charge in [0, 0.05) is 75.9 Å². The molecule has 0 unspecified atom stereocenters. The van der Waals surface area contributed by atoms with Gasteiger partial charge in [0.1, 0.15) is 11.6 Å². The van der Waals surface area contributed by atoms with Crippen LogP contribution in [0, 0.1) is 0 Å². The number of hydrogen-bond donors (Lipinski definition) is 1. The number of carbonyl (C=O) groups excluding carboxylic acids is 3. The molecule has 1 atom stereocenters. The second-order valence-corrected chi connectivity index (χ2v) is 15.4. The van der Waals surface area contributed by atoms with E-state index in [0.29, 0.717) is 44.2 Å². The van der Waals surface area contributed by atoms with Crippen molar-refractivity contribution in [1.82, 2.24) is 15.1 Å². The van der Waals surface area contributed by atoms with E-state index in [1.807, 2.05) is 29.2 Å². The monoisotopic (exact) mass is 733 g/mol. The van der Waals surface area contributed by atoms with Crippen molar-refractivity contribution in [1.29, 1.82) is 0 Å². The summed E-state index contributed by atoms with van der Waals surface area (Å²) in [5, 5.41) is 3.45. The summed E-state index contributed by atoms with van der Waals surface area (Å²) in [5.74, 6) is -1.12. The number of fused-ring (bicyclic) bond motifs is 1. The number of halogens is 1. The van der Waals surface area contributed by atoms with Crippen LogP contribution in [-0.2, 0) is 32.6 Å². The third-order valence-electron chi connectivity index (χ3n) is 9.46. The molecule has 4 aromatic rings. The Hall–Kier alpha value is -4.88. The average Bonchev–Trinajstić information content (AvgIpc) is 3.12. The molecule has 2 fully saturated rings. The highest BCUT2D eigenvalue weighted by Crippen LogP contribution is 2.26. The molecule has 3 heterocycles. The number of anilines is 2. The maximum absolute atomic E-state index is 14.1. The van der Waals surface area contributed by atoms with Gasteiger partial charge in [-0.25, -0.2) is 8.42 Å². The first-order valence-electron chi connectivity index (χ1n) is 16.8. The molecule has 268 valence electrons. The Morgan fingerprint density at radius 2 is 1.67 bits per heavy atom. The Kier molecular flexibility index (Phi) is 10.7. The highest BCUT2D eigenvalue weighted by molar-refractivity contribution is 7.92. The Morgan fingerprint density at radius 3 is 2.37 bits per heavy atom. The van der Waals surface area contributed by atoms with Crippen LogP contribution in [0.3, 0.4) is 0 Å². The van der Waals surface area contributed by atoms with Gasteiger partial charge in [-0.1, -0.05) is 41.9 Å². The lowest BCUT2D eigenvalue weighted by Crippen LogP contribution is -2.55. The van der Waals surface area contributed by atoms with Gasteiger partial charge in [-0.05, 0) is 60.4 Å². The van der Waals surface area contributed by atoms with Gasteiger partial charge >= 0.3 is 0 Å².